The predicted octanol–water partition coefficient (Wildman–Crippen LogP) is 2.93. The number of hydrogen-bond acceptors (Lipinski definition) is 5. The van der Waals surface area contributed by atoms with Crippen LogP contribution in [-0.4, -0.2) is 32.2 Å². The predicted molar refractivity (Wildman–Crippen MR) is 90.0 cm³/mol. The van der Waals surface area contributed by atoms with Gasteiger partial charge in [0.15, 0.2) is 5.65 Å². The zero-order valence-electron chi connectivity index (χ0n) is 13.9. The van der Waals surface area contributed by atoms with Crippen LogP contribution in [0.4, 0.5) is 5.82 Å². The van der Waals surface area contributed by atoms with Crippen LogP contribution in [0.5, 0.6) is 5.75 Å². The Morgan fingerprint density at radius 2 is 2.13 bits per heavy atom. The molecule has 0 saturated heterocycles. The lowest BCUT2D eigenvalue weighted by atomic mass is 10.3. The van der Waals surface area contributed by atoms with Gasteiger partial charge in [-0.15, -0.1) is 0 Å². The molecule has 0 fully saturated rings. The van der Waals surface area contributed by atoms with Crippen LogP contribution in [-0.2, 0) is 0 Å². The lowest BCUT2D eigenvalue weighted by Crippen LogP contribution is -2.24. The van der Waals surface area contributed by atoms with Crippen LogP contribution in [0.25, 0.3) is 5.65 Å². The minimum absolute atomic E-state index is 0.000442. The van der Waals surface area contributed by atoms with Crippen LogP contribution in [0.15, 0.2) is 30.6 Å². The third kappa shape index (κ3) is 3.26. The molecule has 0 bridgehead atoms. The Kier molecular flexibility index (Phi) is 4.14. The molecule has 0 aliphatic carbocycles. The summed E-state index contributed by atoms with van der Waals surface area (Å²) in [4.78, 5) is 8.63. The summed E-state index contributed by atoms with van der Waals surface area (Å²) >= 11 is 0. The van der Waals surface area contributed by atoms with E-state index in [0.717, 1.165) is 34.2 Å². The van der Waals surface area contributed by atoms with E-state index in [4.69, 9.17) is 4.74 Å². The third-order valence-electron chi connectivity index (χ3n) is 3.73. The van der Waals surface area contributed by atoms with Crippen molar-refractivity contribution >= 4 is 11.5 Å². The number of nitrogens with one attached hydrogen (secondary N) is 1. The van der Waals surface area contributed by atoms with Crippen molar-refractivity contribution < 1.29 is 4.74 Å². The lowest BCUT2D eigenvalue weighted by Gasteiger charge is -2.16. The van der Waals surface area contributed by atoms with E-state index in [1.807, 2.05) is 50.4 Å². The van der Waals surface area contributed by atoms with Gasteiger partial charge in [0.25, 0.3) is 0 Å². The number of fused-ring (bicyclic) bond motifs is 1. The molecule has 0 saturated carbocycles. The van der Waals surface area contributed by atoms with Crippen LogP contribution in [0, 0.1) is 20.8 Å². The van der Waals surface area contributed by atoms with E-state index in [9.17, 15) is 0 Å². The highest BCUT2D eigenvalue weighted by atomic mass is 16.5. The molecule has 0 aliphatic heterocycles. The fraction of sp³-hybridized carbons (Fsp3) is 0.353. The first-order chi connectivity index (χ1) is 11.0. The van der Waals surface area contributed by atoms with E-state index in [0.29, 0.717) is 6.54 Å². The number of nitrogens with zero attached hydrogens (tertiary/aromatic N) is 4. The van der Waals surface area contributed by atoms with E-state index < -0.39 is 0 Å². The van der Waals surface area contributed by atoms with Gasteiger partial charge in [-0.3, -0.25) is 4.98 Å². The molecule has 6 heteroatoms. The van der Waals surface area contributed by atoms with Gasteiger partial charge in [-0.1, -0.05) is 0 Å². The maximum atomic E-state index is 5.84. The van der Waals surface area contributed by atoms with Gasteiger partial charge in [0.2, 0.25) is 0 Å². The van der Waals surface area contributed by atoms with Gasteiger partial charge in [-0.25, -0.2) is 4.98 Å². The van der Waals surface area contributed by atoms with Gasteiger partial charge in [0.1, 0.15) is 17.7 Å². The number of anilines is 1. The van der Waals surface area contributed by atoms with E-state index >= 15 is 0 Å². The summed E-state index contributed by atoms with van der Waals surface area (Å²) in [5.74, 6) is 1.69. The Labute approximate surface area is 135 Å². The summed E-state index contributed by atoms with van der Waals surface area (Å²) in [5, 5.41) is 7.96. The zero-order chi connectivity index (χ0) is 16.4. The lowest BCUT2D eigenvalue weighted by molar-refractivity contribution is 0.233. The molecule has 0 unspecified atom stereocenters. The largest absolute Gasteiger partial charge is 0.487 e. The summed E-state index contributed by atoms with van der Waals surface area (Å²) in [6.45, 7) is 8.71. The number of ether oxygens (including phenoxy) is 1. The Morgan fingerprint density at radius 1 is 1.30 bits per heavy atom. The van der Waals surface area contributed by atoms with E-state index in [-0.39, 0.29) is 6.10 Å². The third-order valence-corrected chi connectivity index (χ3v) is 3.73. The molecule has 23 heavy (non-hydrogen) atoms. The maximum absolute atomic E-state index is 5.84. The van der Waals surface area contributed by atoms with Crippen molar-refractivity contribution in [3.8, 4) is 5.75 Å². The summed E-state index contributed by atoms with van der Waals surface area (Å²) in [5.41, 5.74) is 3.96. The summed E-state index contributed by atoms with van der Waals surface area (Å²) < 4.78 is 7.69. The number of hydrogen-bond donors (Lipinski definition) is 1. The molecule has 1 N–H and O–H groups in total. The van der Waals surface area contributed by atoms with Gasteiger partial charge in [0.05, 0.1) is 18.4 Å². The quantitative estimate of drug-likeness (QED) is 0.785. The second kappa shape index (κ2) is 6.24. The second-order valence-electron chi connectivity index (χ2n) is 5.73. The van der Waals surface area contributed by atoms with Crippen molar-refractivity contribution in [2.45, 2.75) is 33.8 Å². The van der Waals surface area contributed by atoms with Gasteiger partial charge in [-0.2, -0.15) is 9.61 Å². The number of aryl methyl sites for hydroxylation is 3. The Bertz CT molecular complexity index is 813. The monoisotopic (exact) mass is 311 g/mol. The standard InChI is InChI=1S/C17H21N5O/c1-11-8-16(22-17(20-11)13(3)14(4)21-22)19-9-12(2)23-15-6-5-7-18-10-15/h5-8,10,12,19H,9H2,1-4H3/t12-/m0/s1. The van der Waals surface area contributed by atoms with Crippen LogP contribution in [0.2, 0.25) is 0 Å². The van der Waals surface area contributed by atoms with Crippen LogP contribution >= 0.6 is 0 Å². The van der Waals surface area contributed by atoms with Gasteiger partial charge in [-0.05, 0) is 39.8 Å². The minimum Gasteiger partial charge on any atom is -0.487 e. The van der Waals surface area contributed by atoms with Crippen molar-refractivity contribution in [1.82, 2.24) is 19.6 Å². The number of rotatable bonds is 5. The molecule has 0 spiro atoms. The summed E-state index contributed by atoms with van der Waals surface area (Å²) in [6.07, 6.45) is 3.45. The van der Waals surface area contributed by atoms with Crippen LogP contribution in [0.3, 0.4) is 0 Å². The van der Waals surface area contributed by atoms with Gasteiger partial charge in [0, 0.05) is 23.5 Å². The SMILES string of the molecule is Cc1cc(NC[C@H](C)Oc2cccnc2)n2nc(C)c(C)c2n1. The Balaban J connectivity index is 1.75. The topological polar surface area (TPSA) is 64.3 Å². The molecule has 0 aliphatic rings. The highest BCUT2D eigenvalue weighted by Crippen LogP contribution is 2.18. The smallest absolute Gasteiger partial charge is 0.160 e. The number of aromatic nitrogens is 4. The van der Waals surface area contributed by atoms with Crippen LogP contribution in [0.1, 0.15) is 23.9 Å². The molecule has 3 aromatic rings. The van der Waals surface area contributed by atoms with Crippen molar-refractivity contribution in [1.29, 1.82) is 0 Å². The molecule has 3 heterocycles. The molecule has 0 radical (unpaired) electrons. The van der Waals surface area contributed by atoms with Crippen molar-refractivity contribution in [2.24, 2.45) is 0 Å². The van der Waals surface area contributed by atoms with Crippen molar-refractivity contribution in [3.63, 3.8) is 0 Å². The normalized spacial score (nSPS) is 12.3. The fourth-order valence-electron chi connectivity index (χ4n) is 2.42. The maximum Gasteiger partial charge on any atom is 0.160 e. The molecule has 120 valence electrons. The Hall–Kier alpha value is -2.63. The van der Waals surface area contributed by atoms with E-state index in [1.54, 1.807) is 12.4 Å². The highest BCUT2D eigenvalue weighted by molar-refractivity contribution is 5.55. The molecule has 1 atom stereocenters. The van der Waals surface area contributed by atoms with Gasteiger partial charge >= 0.3 is 0 Å². The molecular formula is C17H21N5O. The first-order valence-corrected chi connectivity index (χ1v) is 7.68. The molecule has 6 nitrogen and oxygen atoms in total. The summed E-state index contributed by atoms with van der Waals surface area (Å²) in [6, 6.07) is 5.76. The molecule has 3 aromatic heterocycles. The van der Waals surface area contributed by atoms with Crippen molar-refractivity contribution in [3.05, 3.63) is 47.5 Å². The molecule has 0 amide bonds. The van der Waals surface area contributed by atoms with E-state index in [2.05, 4.69) is 20.4 Å². The minimum atomic E-state index is 0.000442. The molecular weight excluding hydrogens is 290 g/mol. The summed E-state index contributed by atoms with van der Waals surface area (Å²) in [7, 11) is 0. The average Bonchev–Trinajstić information content (AvgIpc) is 2.82. The molecule has 3 rings (SSSR count). The average molecular weight is 311 g/mol. The molecule has 0 aromatic carbocycles. The second-order valence-corrected chi connectivity index (χ2v) is 5.73. The first kappa shape index (κ1) is 15.3. The Morgan fingerprint density at radius 3 is 2.87 bits per heavy atom. The van der Waals surface area contributed by atoms with E-state index in [1.165, 1.54) is 0 Å². The highest BCUT2D eigenvalue weighted by Gasteiger charge is 2.12. The van der Waals surface area contributed by atoms with Gasteiger partial charge < -0.3 is 10.1 Å². The number of pyridine rings is 1. The fourth-order valence-corrected chi connectivity index (χ4v) is 2.42. The van der Waals surface area contributed by atoms with Crippen molar-refractivity contribution in [2.75, 3.05) is 11.9 Å². The van der Waals surface area contributed by atoms with Crippen LogP contribution < -0.4 is 10.1 Å². The zero-order valence-corrected chi connectivity index (χ0v) is 13.9. The first-order valence-electron chi connectivity index (χ1n) is 7.68.